The minimum Gasteiger partial charge on any atom is -0.391 e. The summed E-state index contributed by atoms with van der Waals surface area (Å²) in [6.45, 7) is 22.4. The van der Waals surface area contributed by atoms with E-state index in [9.17, 15) is 5.11 Å². The highest BCUT2D eigenvalue weighted by atomic mass is 16.5. The zero-order valence-electron chi connectivity index (χ0n) is 19.3. The summed E-state index contributed by atoms with van der Waals surface area (Å²) >= 11 is 0. The van der Waals surface area contributed by atoms with Crippen molar-refractivity contribution in [3.05, 3.63) is 0 Å². The third-order valence-electron chi connectivity index (χ3n) is 2.63. The van der Waals surface area contributed by atoms with E-state index in [4.69, 9.17) is 24.1 Å². The lowest BCUT2D eigenvalue weighted by molar-refractivity contribution is -0.0431. The molecule has 0 aromatic heterocycles. The average molecular weight is 395 g/mol. The number of rotatable bonds is 12. The molecule has 0 bridgehead atoms. The molecule has 1 atom stereocenters. The van der Waals surface area contributed by atoms with Crippen LogP contribution in [-0.4, -0.2) is 74.8 Å². The van der Waals surface area contributed by atoms with Crippen LogP contribution in [0, 0.1) is 10.8 Å². The van der Waals surface area contributed by atoms with Crippen LogP contribution in [0.4, 0.5) is 0 Å². The van der Waals surface area contributed by atoms with Gasteiger partial charge in [0.15, 0.2) is 0 Å². The first-order valence-corrected chi connectivity index (χ1v) is 9.84. The van der Waals surface area contributed by atoms with E-state index in [0.29, 0.717) is 39.6 Å². The fourth-order valence-corrected chi connectivity index (χ4v) is 1.57. The Labute approximate surface area is 167 Å². The SMILES string of the molecule is CC(C)(C)COCCOCC(C)(C)O.CC(O)COCCOCC(C)(C)C. The number of ether oxygens (including phenoxy) is 4. The van der Waals surface area contributed by atoms with Crippen LogP contribution in [0.25, 0.3) is 0 Å². The maximum Gasteiger partial charge on any atom is 0.0824 e. The molecule has 0 saturated carbocycles. The monoisotopic (exact) mass is 394 g/mol. The Bertz CT molecular complexity index is 305. The highest BCUT2D eigenvalue weighted by Gasteiger charge is 2.13. The van der Waals surface area contributed by atoms with Crippen molar-refractivity contribution in [2.45, 2.75) is 74.0 Å². The van der Waals surface area contributed by atoms with Gasteiger partial charge in [0.2, 0.25) is 0 Å². The summed E-state index contributed by atoms with van der Waals surface area (Å²) in [6, 6.07) is 0. The second-order valence-corrected chi connectivity index (χ2v) is 10.0. The number of hydrogen-bond donors (Lipinski definition) is 2. The summed E-state index contributed by atoms with van der Waals surface area (Å²) in [7, 11) is 0. The van der Waals surface area contributed by atoms with Crippen molar-refractivity contribution in [2.24, 2.45) is 10.8 Å². The summed E-state index contributed by atoms with van der Waals surface area (Å²) in [5.41, 5.74) is -0.329. The zero-order valence-corrected chi connectivity index (χ0v) is 19.3. The van der Waals surface area contributed by atoms with E-state index in [-0.39, 0.29) is 16.9 Å². The zero-order chi connectivity index (χ0) is 21.6. The second kappa shape index (κ2) is 14.7. The van der Waals surface area contributed by atoms with Gasteiger partial charge in [0.05, 0.1) is 64.6 Å². The normalized spacial score (nSPS) is 13.9. The molecular weight excluding hydrogens is 348 g/mol. The highest BCUT2D eigenvalue weighted by molar-refractivity contribution is 4.62. The van der Waals surface area contributed by atoms with Crippen molar-refractivity contribution in [3.63, 3.8) is 0 Å². The predicted octanol–water partition coefficient (Wildman–Crippen LogP) is 3.28. The van der Waals surface area contributed by atoms with E-state index in [1.54, 1.807) is 20.8 Å². The van der Waals surface area contributed by atoms with Crippen molar-refractivity contribution < 1.29 is 29.2 Å². The standard InChI is InChI=1S/C11H24O3.C10H22O3/c1-10(2,3)8-13-6-7-14-9-11(4,5)12;1-9(11)7-12-5-6-13-8-10(2,3)4/h12H,6-9H2,1-5H3;9,11H,5-8H2,1-4H3. The van der Waals surface area contributed by atoms with Gasteiger partial charge in [-0.05, 0) is 31.6 Å². The number of hydrogen-bond acceptors (Lipinski definition) is 6. The van der Waals surface area contributed by atoms with Crippen molar-refractivity contribution in [3.8, 4) is 0 Å². The van der Waals surface area contributed by atoms with E-state index in [0.717, 1.165) is 13.2 Å². The molecule has 0 radical (unpaired) electrons. The molecule has 0 fully saturated rings. The molecule has 0 aliphatic heterocycles. The topological polar surface area (TPSA) is 77.4 Å². The second-order valence-electron chi connectivity index (χ2n) is 10.0. The molecule has 0 aromatic carbocycles. The molecule has 0 amide bonds. The fourth-order valence-electron chi connectivity index (χ4n) is 1.57. The van der Waals surface area contributed by atoms with Gasteiger partial charge in [0.1, 0.15) is 0 Å². The molecule has 6 heteroatoms. The van der Waals surface area contributed by atoms with Crippen molar-refractivity contribution in [1.29, 1.82) is 0 Å². The summed E-state index contributed by atoms with van der Waals surface area (Å²) in [6.07, 6.45) is -0.386. The van der Waals surface area contributed by atoms with Gasteiger partial charge in [-0.25, -0.2) is 0 Å². The van der Waals surface area contributed by atoms with E-state index in [2.05, 4.69) is 41.5 Å². The molecule has 0 aliphatic rings. The largest absolute Gasteiger partial charge is 0.391 e. The quantitative estimate of drug-likeness (QED) is 0.495. The summed E-state index contributed by atoms with van der Waals surface area (Å²) in [5.74, 6) is 0. The molecule has 2 N–H and O–H groups in total. The Morgan fingerprint density at radius 1 is 0.630 bits per heavy atom. The van der Waals surface area contributed by atoms with E-state index in [1.165, 1.54) is 0 Å². The molecule has 0 aromatic rings. The van der Waals surface area contributed by atoms with Gasteiger partial charge in [-0.3, -0.25) is 0 Å². The first kappa shape index (κ1) is 29.0. The van der Waals surface area contributed by atoms with Crippen molar-refractivity contribution in [2.75, 3.05) is 52.9 Å². The molecular formula is C21H46O6. The lowest BCUT2D eigenvalue weighted by atomic mass is 9.99. The van der Waals surface area contributed by atoms with Gasteiger partial charge in [0, 0.05) is 0 Å². The molecule has 27 heavy (non-hydrogen) atoms. The van der Waals surface area contributed by atoms with Crippen LogP contribution < -0.4 is 0 Å². The summed E-state index contributed by atoms with van der Waals surface area (Å²) in [5, 5.41) is 18.2. The van der Waals surface area contributed by atoms with Crippen molar-refractivity contribution in [1.82, 2.24) is 0 Å². The van der Waals surface area contributed by atoms with Gasteiger partial charge in [0.25, 0.3) is 0 Å². The lowest BCUT2D eigenvalue weighted by Gasteiger charge is -2.19. The molecule has 1 unspecified atom stereocenters. The predicted molar refractivity (Wildman–Crippen MR) is 110 cm³/mol. The van der Waals surface area contributed by atoms with Crippen LogP contribution in [0.15, 0.2) is 0 Å². The van der Waals surface area contributed by atoms with Gasteiger partial charge in [-0.2, -0.15) is 0 Å². The molecule has 0 spiro atoms. The smallest absolute Gasteiger partial charge is 0.0824 e. The van der Waals surface area contributed by atoms with Crippen LogP contribution in [0.5, 0.6) is 0 Å². The lowest BCUT2D eigenvalue weighted by Crippen LogP contribution is -2.27. The van der Waals surface area contributed by atoms with Crippen LogP contribution in [0.2, 0.25) is 0 Å². The van der Waals surface area contributed by atoms with Crippen molar-refractivity contribution >= 4 is 0 Å². The Morgan fingerprint density at radius 3 is 1.26 bits per heavy atom. The Kier molecular flexibility index (Phi) is 15.8. The molecule has 0 heterocycles. The Balaban J connectivity index is 0. The minimum absolute atomic E-state index is 0.205. The summed E-state index contributed by atoms with van der Waals surface area (Å²) < 4.78 is 21.2. The van der Waals surface area contributed by atoms with Gasteiger partial charge in [-0.15, -0.1) is 0 Å². The van der Waals surface area contributed by atoms with Gasteiger partial charge < -0.3 is 29.2 Å². The maximum atomic E-state index is 9.34. The molecule has 0 aliphatic carbocycles. The molecule has 166 valence electrons. The van der Waals surface area contributed by atoms with E-state index in [1.807, 2.05) is 0 Å². The molecule has 0 rings (SSSR count). The number of aliphatic hydroxyl groups is 2. The Hall–Kier alpha value is -0.240. The van der Waals surface area contributed by atoms with Crippen LogP contribution in [0.3, 0.4) is 0 Å². The third kappa shape index (κ3) is 33.7. The van der Waals surface area contributed by atoms with Gasteiger partial charge in [-0.1, -0.05) is 41.5 Å². The average Bonchev–Trinajstić information content (AvgIpc) is 2.43. The van der Waals surface area contributed by atoms with Crippen LogP contribution >= 0.6 is 0 Å². The third-order valence-corrected chi connectivity index (χ3v) is 2.63. The molecule has 0 saturated heterocycles. The van der Waals surface area contributed by atoms with E-state index < -0.39 is 5.60 Å². The van der Waals surface area contributed by atoms with Gasteiger partial charge >= 0.3 is 0 Å². The molecule has 6 nitrogen and oxygen atoms in total. The van der Waals surface area contributed by atoms with E-state index >= 15 is 0 Å². The van der Waals surface area contributed by atoms with Crippen LogP contribution in [0.1, 0.15) is 62.3 Å². The fraction of sp³-hybridized carbons (Fsp3) is 1.00. The maximum absolute atomic E-state index is 9.34. The highest BCUT2D eigenvalue weighted by Crippen LogP contribution is 2.13. The number of aliphatic hydroxyl groups excluding tert-OH is 1. The first-order valence-electron chi connectivity index (χ1n) is 9.84. The Morgan fingerprint density at radius 2 is 0.963 bits per heavy atom. The summed E-state index contributed by atoms with van der Waals surface area (Å²) in [4.78, 5) is 0. The first-order chi connectivity index (χ1) is 12.1. The minimum atomic E-state index is -0.746. The van der Waals surface area contributed by atoms with Crippen LogP contribution in [-0.2, 0) is 18.9 Å².